The molecule has 0 spiro atoms. The van der Waals surface area contributed by atoms with Gasteiger partial charge in [0.2, 0.25) is 5.91 Å². The van der Waals surface area contributed by atoms with Gasteiger partial charge in [-0.3, -0.25) is 9.78 Å². The van der Waals surface area contributed by atoms with Gasteiger partial charge < -0.3 is 5.32 Å². The molecule has 0 aliphatic rings. The molecule has 3 aromatic rings. The molecule has 5 heteroatoms. The van der Waals surface area contributed by atoms with Crippen LogP contribution in [0, 0.1) is 5.82 Å². The van der Waals surface area contributed by atoms with Gasteiger partial charge in [-0.05, 0) is 53.9 Å². The van der Waals surface area contributed by atoms with E-state index in [0.717, 1.165) is 11.1 Å². The number of carbonyl (C=O) groups excluding carboxylic acids is 1. The molecule has 0 aliphatic carbocycles. The predicted octanol–water partition coefficient (Wildman–Crippen LogP) is 4.84. The standard InChI is InChI=1S/C20H16ClFN2O/c21-16-7-5-15(6-8-16)17(13-14-9-11-23-12-10-14)20(25)24-19-4-2-1-3-18(19)22/h1-12,17H,13H2,(H,24,25). The lowest BCUT2D eigenvalue weighted by Crippen LogP contribution is -2.23. The van der Waals surface area contributed by atoms with E-state index in [1.54, 1.807) is 42.7 Å². The normalized spacial score (nSPS) is 11.8. The van der Waals surface area contributed by atoms with Gasteiger partial charge in [-0.2, -0.15) is 0 Å². The molecule has 1 heterocycles. The number of rotatable bonds is 5. The summed E-state index contributed by atoms with van der Waals surface area (Å²) in [5.41, 5.74) is 1.95. The number of pyridine rings is 1. The Morgan fingerprint density at radius 2 is 1.72 bits per heavy atom. The van der Waals surface area contributed by atoms with Crippen LogP contribution >= 0.6 is 11.6 Å². The maximum atomic E-state index is 13.9. The highest BCUT2D eigenvalue weighted by Crippen LogP contribution is 2.25. The van der Waals surface area contributed by atoms with E-state index in [0.29, 0.717) is 11.4 Å². The minimum Gasteiger partial charge on any atom is -0.323 e. The number of carbonyl (C=O) groups is 1. The van der Waals surface area contributed by atoms with E-state index >= 15 is 0 Å². The van der Waals surface area contributed by atoms with Gasteiger partial charge in [0, 0.05) is 17.4 Å². The number of aromatic nitrogens is 1. The van der Waals surface area contributed by atoms with Crippen molar-refractivity contribution >= 4 is 23.2 Å². The first kappa shape index (κ1) is 17.1. The summed E-state index contributed by atoms with van der Waals surface area (Å²) >= 11 is 5.95. The summed E-state index contributed by atoms with van der Waals surface area (Å²) in [4.78, 5) is 16.8. The minimum absolute atomic E-state index is 0.168. The second-order valence-corrected chi connectivity index (χ2v) is 6.07. The van der Waals surface area contributed by atoms with Crippen molar-refractivity contribution in [1.29, 1.82) is 0 Å². The third-order valence-corrected chi connectivity index (χ3v) is 4.16. The first-order valence-electron chi connectivity index (χ1n) is 7.83. The van der Waals surface area contributed by atoms with E-state index in [-0.39, 0.29) is 11.6 Å². The van der Waals surface area contributed by atoms with Gasteiger partial charge in [-0.15, -0.1) is 0 Å². The Hall–Kier alpha value is -2.72. The van der Waals surface area contributed by atoms with Crippen LogP contribution in [0.15, 0.2) is 73.1 Å². The number of benzene rings is 2. The molecule has 3 nitrogen and oxygen atoms in total. The van der Waals surface area contributed by atoms with Crippen LogP contribution in [0.3, 0.4) is 0 Å². The molecule has 0 saturated heterocycles. The summed E-state index contributed by atoms with van der Waals surface area (Å²) in [7, 11) is 0. The highest BCUT2D eigenvalue weighted by molar-refractivity contribution is 6.30. The molecule has 3 rings (SSSR count). The third kappa shape index (κ3) is 4.43. The maximum Gasteiger partial charge on any atom is 0.232 e. The number of hydrogen-bond acceptors (Lipinski definition) is 2. The van der Waals surface area contributed by atoms with E-state index in [9.17, 15) is 9.18 Å². The zero-order valence-electron chi connectivity index (χ0n) is 13.3. The summed E-state index contributed by atoms with van der Waals surface area (Å²) in [5, 5.41) is 3.28. The van der Waals surface area contributed by atoms with Crippen LogP contribution in [-0.4, -0.2) is 10.9 Å². The molecule has 1 unspecified atom stereocenters. The molecule has 1 aromatic heterocycles. The van der Waals surface area contributed by atoms with Crippen molar-refractivity contribution in [1.82, 2.24) is 4.98 Å². The molecule has 0 aliphatic heterocycles. The van der Waals surface area contributed by atoms with Gasteiger partial charge in [0.1, 0.15) is 5.82 Å². The topological polar surface area (TPSA) is 42.0 Å². The zero-order chi connectivity index (χ0) is 17.6. The van der Waals surface area contributed by atoms with Crippen molar-refractivity contribution in [3.8, 4) is 0 Å². The second-order valence-electron chi connectivity index (χ2n) is 5.63. The van der Waals surface area contributed by atoms with Gasteiger partial charge in [-0.25, -0.2) is 4.39 Å². The number of nitrogens with zero attached hydrogens (tertiary/aromatic N) is 1. The van der Waals surface area contributed by atoms with Crippen molar-refractivity contribution < 1.29 is 9.18 Å². The van der Waals surface area contributed by atoms with Crippen molar-refractivity contribution in [2.45, 2.75) is 12.3 Å². The molecular formula is C20H16ClFN2O. The fraction of sp³-hybridized carbons (Fsp3) is 0.100. The quantitative estimate of drug-likeness (QED) is 0.712. The van der Waals surface area contributed by atoms with Crippen LogP contribution in [0.2, 0.25) is 5.02 Å². The van der Waals surface area contributed by atoms with Gasteiger partial charge in [0.05, 0.1) is 11.6 Å². The molecule has 1 N–H and O–H groups in total. The molecule has 1 amide bonds. The first-order valence-corrected chi connectivity index (χ1v) is 8.21. The van der Waals surface area contributed by atoms with Gasteiger partial charge in [0.15, 0.2) is 0 Å². The molecular weight excluding hydrogens is 339 g/mol. The van der Waals surface area contributed by atoms with E-state index in [1.165, 1.54) is 6.07 Å². The van der Waals surface area contributed by atoms with Gasteiger partial charge >= 0.3 is 0 Å². The number of nitrogens with one attached hydrogen (secondary N) is 1. The van der Waals surface area contributed by atoms with E-state index in [4.69, 9.17) is 11.6 Å². The fourth-order valence-electron chi connectivity index (χ4n) is 2.59. The van der Waals surface area contributed by atoms with E-state index in [2.05, 4.69) is 10.3 Å². The van der Waals surface area contributed by atoms with Crippen molar-refractivity contribution in [3.05, 3.63) is 95.0 Å². The average Bonchev–Trinajstić information content (AvgIpc) is 2.63. The van der Waals surface area contributed by atoms with Crippen LogP contribution in [0.1, 0.15) is 17.0 Å². The molecule has 2 aromatic carbocycles. The van der Waals surface area contributed by atoms with Crippen LogP contribution in [0.4, 0.5) is 10.1 Å². The summed E-state index contributed by atoms with van der Waals surface area (Å²) in [5.74, 6) is -1.21. The number of amides is 1. The predicted molar refractivity (Wildman–Crippen MR) is 97.2 cm³/mol. The molecule has 0 bridgehead atoms. The highest BCUT2D eigenvalue weighted by atomic mass is 35.5. The third-order valence-electron chi connectivity index (χ3n) is 3.91. The Morgan fingerprint density at radius 3 is 2.40 bits per heavy atom. The average molecular weight is 355 g/mol. The highest BCUT2D eigenvalue weighted by Gasteiger charge is 2.22. The Morgan fingerprint density at radius 1 is 1.04 bits per heavy atom. The smallest absolute Gasteiger partial charge is 0.232 e. The Bertz CT molecular complexity index is 853. The fourth-order valence-corrected chi connectivity index (χ4v) is 2.72. The number of anilines is 1. The van der Waals surface area contributed by atoms with Crippen LogP contribution < -0.4 is 5.32 Å². The van der Waals surface area contributed by atoms with Crippen molar-refractivity contribution in [3.63, 3.8) is 0 Å². The number of hydrogen-bond donors (Lipinski definition) is 1. The summed E-state index contributed by atoms with van der Waals surface area (Å²) in [6.45, 7) is 0. The Labute approximate surface area is 150 Å². The summed E-state index contributed by atoms with van der Waals surface area (Å²) < 4.78 is 13.9. The summed E-state index contributed by atoms with van der Waals surface area (Å²) in [6.07, 6.45) is 3.84. The molecule has 0 radical (unpaired) electrons. The van der Waals surface area contributed by atoms with Crippen LogP contribution in [0.5, 0.6) is 0 Å². The van der Waals surface area contributed by atoms with Gasteiger partial charge in [0.25, 0.3) is 0 Å². The van der Waals surface area contributed by atoms with Crippen LogP contribution in [-0.2, 0) is 11.2 Å². The van der Waals surface area contributed by atoms with Crippen molar-refractivity contribution in [2.24, 2.45) is 0 Å². The number of halogens is 2. The van der Waals surface area contributed by atoms with Gasteiger partial charge in [-0.1, -0.05) is 35.9 Å². The molecule has 0 saturated carbocycles. The summed E-state index contributed by atoms with van der Waals surface area (Å²) in [6, 6.07) is 17.0. The monoisotopic (exact) mass is 354 g/mol. The minimum atomic E-state index is -0.473. The lowest BCUT2D eigenvalue weighted by molar-refractivity contribution is -0.117. The van der Waals surface area contributed by atoms with Crippen LogP contribution in [0.25, 0.3) is 0 Å². The Kier molecular flexibility index (Phi) is 5.41. The van der Waals surface area contributed by atoms with E-state index < -0.39 is 11.7 Å². The lowest BCUT2D eigenvalue weighted by Gasteiger charge is -2.18. The molecule has 126 valence electrons. The molecule has 0 fully saturated rings. The Balaban J connectivity index is 1.88. The largest absolute Gasteiger partial charge is 0.323 e. The first-order chi connectivity index (χ1) is 12.1. The zero-order valence-corrected chi connectivity index (χ0v) is 14.1. The lowest BCUT2D eigenvalue weighted by atomic mass is 9.91. The van der Waals surface area contributed by atoms with Crippen molar-refractivity contribution in [2.75, 3.05) is 5.32 Å². The SMILES string of the molecule is O=C(Nc1ccccc1F)C(Cc1ccncc1)c1ccc(Cl)cc1. The van der Waals surface area contributed by atoms with E-state index in [1.807, 2.05) is 24.3 Å². The number of para-hydroxylation sites is 1. The molecule has 25 heavy (non-hydrogen) atoms. The maximum absolute atomic E-state index is 13.9. The molecule has 1 atom stereocenters. The second kappa shape index (κ2) is 7.90.